The first-order valence-corrected chi connectivity index (χ1v) is 14.7. The number of anilines is 1. The van der Waals surface area contributed by atoms with Gasteiger partial charge in [-0.1, -0.05) is 32.1 Å². The van der Waals surface area contributed by atoms with Gasteiger partial charge in [-0.2, -0.15) is 5.10 Å². The first kappa shape index (κ1) is 24.8. The molecule has 6 heterocycles. The monoisotopic (exact) mass is 506 g/mol. The van der Waals surface area contributed by atoms with Gasteiger partial charge in [0, 0.05) is 33.2 Å². The lowest BCUT2D eigenvalue weighted by molar-refractivity contribution is 0.102. The number of nitrogens with zero attached hydrogens (tertiary/aromatic N) is 8. The van der Waals surface area contributed by atoms with Gasteiger partial charge >= 0.3 is 0 Å². The molecule has 9 nitrogen and oxygen atoms in total. The Balaban J connectivity index is 1.20. The second-order valence-electron chi connectivity index (χ2n) is 11.2. The van der Waals surface area contributed by atoms with Gasteiger partial charge < -0.3 is 14.2 Å². The molecule has 0 radical (unpaired) electrons. The van der Waals surface area contributed by atoms with Crippen molar-refractivity contribution in [3.8, 4) is 11.6 Å². The minimum Gasteiger partial charge on any atom is -0.417 e. The number of likely N-dealkylation sites (tertiary alicyclic amines) is 2. The second-order valence-corrected chi connectivity index (χ2v) is 11.2. The van der Waals surface area contributed by atoms with Crippen molar-refractivity contribution in [2.75, 3.05) is 50.7 Å². The molecule has 0 amide bonds. The van der Waals surface area contributed by atoms with Crippen molar-refractivity contribution >= 4 is 16.9 Å². The van der Waals surface area contributed by atoms with Crippen LogP contribution in [-0.4, -0.2) is 80.6 Å². The molecule has 0 saturated carbocycles. The maximum absolute atomic E-state index is 6.34. The summed E-state index contributed by atoms with van der Waals surface area (Å²) in [4.78, 5) is 12.6. The molecule has 3 aliphatic heterocycles. The summed E-state index contributed by atoms with van der Waals surface area (Å²) in [5, 5.41) is 14.8. The number of rotatable bonds is 6. The molecule has 0 spiro atoms. The van der Waals surface area contributed by atoms with Crippen molar-refractivity contribution in [3.63, 3.8) is 0 Å². The molecular weight excluding hydrogens is 464 g/mol. The van der Waals surface area contributed by atoms with E-state index in [2.05, 4.69) is 37.0 Å². The molecule has 3 aromatic rings. The first-order chi connectivity index (χ1) is 18.3. The summed E-state index contributed by atoms with van der Waals surface area (Å²) in [6.07, 6.45) is 14.0. The van der Waals surface area contributed by atoms with E-state index in [1.807, 2.05) is 11.7 Å². The normalized spacial score (nSPS) is 22.8. The lowest BCUT2D eigenvalue weighted by Gasteiger charge is -2.35. The maximum atomic E-state index is 6.34. The van der Waals surface area contributed by atoms with E-state index < -0.39 is 0 Å². The van der Waals surface area contributed by atoms with E-state index in [9.17, 15) is 0 Å². The van der Waals surface area contributed by atoms with Crippen LogP contribution < -0.4 is 4.90 Å². The van der Waals surface area contributed by atoms with Crippen LogP contribution in [0.25, 0.3) is 22.6 Å². The second kappa shape index (κ2) is 11.5. The molecule has 3 fully saturated rings. The molecule has 0 aromatic carbocycles. The minimum atomic E-state index is 0.201. The van der Waals surface area contributed by atoms with Gasteiger partial charge in [0.25, 0.3) is 5.89 Å². The van der Waals surface area contributed by atoms with E-state index in [4.69, 9.17) is 14.5 Å². The van der Waals surface area contributed by atoms with E-state index >= 15 is 0 Å². The summed E-state index contributed by atoms with van der Waals surface area (Å²) < 4.78 is 8.19. The van der Waals surface area contributed by atoms with Crippen molar-refractivity contribution in [3.05, 3.63) is 18.0 Å². The summed E-state index contributed by atoms with van der Waals surface area (Å²) in [5.41, 5.74) is 1.61. The maximum Gasteiger partial charge on any atom is 0.268 e. The lowest BCUT2D eigenvalue weighted by atomic mass is 10.0. The molecule has 200 valence electrons. The van der Waals surface area contributed by atoms with Crippen LogP contribution >= 0.6 is 0 Å². The molecule has 3 saturated heterocycles. The van der Waals surface area contributed by atoms with Gasteiger partial charge in [-0.05, 0) is 70.3 Å². The van der Waals surface area contributed by atoms with Crippen LogP contribution in [0, 0.1) is 0 Å². The molecule has 9 heteroatoms. The van der Waals surface area contributed by atoms with Gasteiger partial charge in [-0.15, -0.1) is 10.2 Å². The molecule has 37 heavy (non-hydrogen) atoms. The predicted molar refractivity (Wildman–Crippen MR) is 146 cm³/mol. The van der Waals surface area contributed by atoms with Crippen LogP contribution in [0.15, 0.2) is 16.5 Å². The zero-order valence-corrected chi connectivity index (χ0v) is 22.4. The number of fused-ring (bicyclic) bond motifs is 1. The van der Waals surface area contributed by atoms with Gasteiger partial charge in [0.15, 0.2) is 11.3 Å². The Morgan fingerprint density at radius 2 is 1.54 bits per heavy atom. The van der Waals surface area contributed by atoms with Crippen molar-refractivity contribution in [1.82, 2.24) is 34.8 Å². The third-order valence-corrected chi connectivity index (χ3v) is 8.55. The Bertz CT molecular complexity index is 1160. The van der Waals surface area contributed by atoms with Gasteiger partial charge in [0.05, 0.1) is 11.4 Å². The lowest BCUT2D eigenvalue weighted by Crippen LogP contribution is -2.41. The van der Waals surface area contributed by atoms with Crippen LogP contribution in [0.1, 0.15) is 82.6 Å². The van der Waals surface area contributed by atoms with E-state index in [1.165, 1.54) is 77.3 Å². The smallest absolute Gasteiger partial charge is 0.268 e. The highest BCUT2D eigenvalue weighted by atomic mass is 16.4. The quantitative estimate of drug-likeness (QED) is 0.472. The summed E-state index contributed by atoms with van der Waals surface area (Å²) in [6, 6.07) is 4.47. The Morgan fingerprint density at radius 1 is 0.811 bits per heavy atom. The van der Waals surface area contributed by atoms with Crippen LogP contribution in [0.4, 0.5) is 5.82 Å². The van der Waals surface area contributed by atoms with Gasteiger partial charge in [-0.25, -0.2) is 9.67 Å². The highest BCUT2D eigenvalue weighted by Gasteiger charge is 2.30. The van der Waals surface area contributed by atoms with Crippen molar-refractivity contribution < 1.29 is 4.42 Å². The molecule has 1 unspecified atom stereocenters. The van der Waals surface area contributed by atoms with E-state index in [-0.39, 0.29) is 6.04 Å². The van der Waals surface area contributed by atoms with E-state index in [1.54, 1.807) is 0 Å². The van der Waals surface area contributed by atoms with Crippen LogP contribution in [0.3, 0.4) is 0 Å². The van der Waals surface area contributed by atoms with E-state index in [0.29, 0.717) is 5.89 Å². The minimum absolute atomic E-state index is 0.201. The summed E-state index contributed by atoms with van der Waals surface area (Å²) in [5.74, 6) is 2.28. The Hall–Kier alpha value is -2.52. The summed E-state index contributed by atoms with van der Waals surface area (Å²) in [6.45, 7) is 7.93. The molecule has 1 atom stereocenters. The van der Waals surface area contributed by atoms with Crippen LogP contribution in [0.2, 0.25) is 0 Å². The Morgan fingerprint density at radius 3 is 2.38 bits per heavy atom. The van der Waals surface area contributed by atoms with E-state index in [0.717, 1.165) is 67.6 Å². The SMILES string of the molecule is Cn1nc(-c2nnc(C3CCCCN3CCN3CCCCC3)o2)c2ccc(N3CCCCCCC3)nc21. The third-order valence-electron chi connectivity index (χ3n) is 8.55. The average Bonchev–Trinajstić information content (AvgIpc) is 3.53. The first-order valence-electron chi connectivity index (χ1n) is 14.7. The topological polar surface area (TPSA) is 79.4 Å². The third kappa shape index (κ3) is 5.53. The number of piperidine rings is 2. The largest absolute Gasteiger partial charge is 0.417 e. The molecule has 3 aliphatic rings. The highest BCUT2D eigenvalue weighted by molar-refractivity contribution is 5.89. The van der Waals surface area contributed by atoms with Gasteiger partial charge in [0.2, 0.25) is 5.89 Å². The number of hydrogen-bond acceptors (Lipinski definition) is 8. The fourth-order valence-electron chi connectivity index (χ4n) is 6.39. The molecule has 0 aliphatic carbocycles. The van der Waals surface area contributed by atoms with Crippen molar-refractivity contribution in [2.45, 2.75) is 76.7 Å². The fourth-order valence-corrected chi connectivity index (χ4v) is 6.39. The average molecular weight is 507 g/mol. The summed E-state index contributed by atoms with van der Waals surface area (Å²) >= 11 is 0. The van der Waals surface area contributed by atoms with Crippen LogP contribution in [0.5, 0.6) is 0 Å². The van der Waals surface area contributed by atoms with Crippen molar-refractivity contribution in [1.29, 1.82) is 0 Å². The fraction of sp³-hybridized carbons (Fsp3) is 0.714. The standard InChI is InChI=1S/C28H42N8O/c1-33-26-22(13-14-24(29-26)36-18-9-3-2-4-10-19-36)25(32-33)28-31-30-27(37-28)23-12-6-11-17-35(23)21-20-34-15-7-5-8-16-34/h13-14,23H,2-12,15-21H2,1H3. The molecular formula is C28H42N8O. The van der Waals surface area contributed by atoms with Crippen LogP contribution in [-0.2, 0) is 7.05 Å². The summed E-state index contributed by atoms with van der Waals surface area (Å²) in [7, 11) is 1.96. The molecule has 3 aromatic heterocycles. The molecule has 0 bridgehead atoms. The number of aromatic nitrogens is 5. The number of pyridine rings is 1. The number of aryl methyl sites for hydroxylation is 1. The predicted octanol–water partition coefficient (Wildman–Crippen LogP) is 4.80. The van der Waals surface area contributed by atoms with Gasteiger partial charge in [-0.3, -0.25) is 4.90 Å². The highest BCUT2D eigenvalue weighted by Crippen LogP contribution is 2.33. The molecule has 6 rings (SSSR count). The zero-order chi connectivity index (χ0) is 25.0. The number of hydrogen-bond donors (Lipinski definition) is 0. The zero-order valence-electron chi connectivity index (χ0n) is 22.4. The Labute approximate surface area is 220 Å². The van der Waals surface area contributed by atoms with Gasteiger partial charge in [0.1, 0.15) is 5.82 Å². The van der Waals surface area contributed by atoms with Crippen molar-refractivity contribution in [2.24, 2.45) is 7.05 Å². The molecule has 0 N–H and O–H groups in total. The Kier molecular flexibility index (Phi) is 7.69.